The first-order chi connectivity index (χ1) is 20.3. The lowest BCUT2D eigenvalue weighted by Crippen LogP contribution is -1.94. The van der Waals surface area contributed by atoms with Gasteiger partial charge in [-0.3, -0.25) is 0 Å². The summed E-state index contributed by atoms with van der Waals surface area (Å²) in [6, 6.07) is 59.2. The molecule has 0 fully saturated rings. The van der Waals surface area contributed by atoms with Crippen LogP contribution in [0, 0.1) is 11.3 Å². The number of hydrogen-bond acceptors (Lipinski definition) is 1. The summed E-state index contributed by atoms with van der Waals surface area (Å²) < 4.78 is 0. The molecular formula is C40H29N. The van der Waals surface area contributed by atoms with E-state index in [4.69, 9.17) is 0 Å². The summed E-state index contributed by atoms with van der Waals surface area (Å²) in [6.45, 7) is 0. The van der Waals surface area contributed by atoms with E-state index in [1.54, 1.807) is 0 Å². The molecule has 0 unspecified atom stereocenters. The maximum Gasteiger partial charge on any atom is 0.100 e. The van der Waals surface area contributed by atoms with Crippen LogP contribution in [0.4, 0.5) is 0 Å². The molecule has 0 bridgehead atoms. The fourth-order valence-corrected chi connectivity index (χ4v) is 5.26. The molecule has 0 heterocycles. The Morgan fingerprint density at radius 2 is 0.756 bits per heavy atom. The first-order valence-electron chi connectivity index (χ1n) is 13.9. The van der Waals surface area contributed by atoms with E-state index in [9.17, 15) is 5.26 Å². The van der Waals surface area contributed by atoms with E-state index >= 15 is 0 Å². The molecule has 1 nitrogen and oxygen atoms in total. The molecule has 0 atom stereocenters. The minimum atomic E-state index is 0.669. The Morgan fingerprint density at radius 3 is 1.17 bits per heavy atom. The third-order valence-electron chi connectivity index (χ3n) is 7.42. The second-order valence-corrected chi connectivity index (χ2v) is 10.1. The van der Waals surface area contributed by atoms with Crippen molar-refractivity contribution in [1.82, 2.24) is 0 Å². The van der Waals surface area contributed by atoms with E-state index in [1.165, 1.54) is 22.3 Å². The van der Waals surface area contributed by atoms with Gasteiger partial charge in [-0.05, 0) is 56.5 Å². The van der Waals surface area contributed by atoms with E-state index < -0.39 is 0 Å². The lowest BCUT2D eigenvalue weighted by Gasteiger charge is -2.13. The van der Waals surface area contributed by atoms with Crippen LogP contribution in [0.15, 0.2) is 164 Å². The van der Waals surface area contributed by atoms with Crippen LogP contribution in [0.5, 0.6) is 0 Å². The van der Waals surface area contributed by atoms with Crippen molar-refractivity contribution in [1.29, 1.82) is 5.26 Å². The summed E-state index contributed by atoms with van der Waals surface area (Å²) in [5, 5.41) is 10.3. The number of hydrogen-bond donors (Lipinski definition) is 0. The van der Waals surface area contributed by atoms with Crippen LogP contribution >= 0.6 is 0 Å². The zero-order chi connectivity index (χ0) is 27.9. The van der Waals surface area contributed by atoms with Gasteiger partial charge in [0.25, 0.3) is 0 Å². The number of benzene rings is 6. The largest absolute Gasteiger partial charge is 0.192 e. The van der Waals surface area contributed by atoms with Crippen LogP contribution in [0.2, 0.25) is 0 Å². The quantitative estimate of drug-likeness (QED) is 0.151. The van der Waals surface area contributed by atoms with Gasteiger partial charge in [0.2, 0.25) is 0 Å². The molecular weight excluding hydrogens is 494 g/mol. The molecule has 0 saturated carbocycles. The van der Waals surface area contributed by atoms with Gasteiger partial charge in [-0.2, -0.15) is 5.26 Å². The number of rotatable bonds is 7. The molecule has 1 heteroatoms. The van der Waals surface area contributed by atoms with E-state index in [0.29, 0.717) is 5.57 Å². The van der Waals surface area contributed by atoms with Crippen LogP contribution in [0.3, 0.4) is 0 Å². The second-order valence-electron chi connectivity index (χ2n) is 10.1. The van der Waals surface area contributed by atoms with Gasteiger partial charge in [0.1, 0.15) is 6.07 Å². The van der Waals surface area contributed by atoms with Crippen LogP contribution < -0.4 is 0 Å². The average Bonchev–Trinajstić information content (AvgIpc) is 3.06. The van der Waals surface area contributed by atoms with Gasteiger partial charge in [0.05, 0.1) is 5.57 Å². The molecule has 0 aliphatic heterocycles. The van der Waals surface area contributed by atoms with Gasteiger partial charge in [0, 0.05) is 5.57 Å². The van der Waals surface area contributed by atoms with Crippen molar-refractivity contribution in [2.24, 2.45) is 0 Å². The third kappa shape index (κ3) is 5.93. The summed E-state index contributed by atoms with van der Waals surface area (Å²) in [5.74, 6) is 0. The maximum atomic E-state index is 10.3. The third-order valence-corrected chi connectivity index (χ3v) is 7.42. The normalized spacial score (nSPS) is 10.5. The van der Waals surface area contributed by atoms with Gasteiger partial charge in [-0.25, -0.2) is 0 Å². The highest BCUT2D eigenvalue weighted by Gasteiger charge is 2.14. The van der Waals surface area contributed by atoms with Crippen molar-refractivity contribution >= 4 is 11.1 Å². The molecule has 194 valence electrons. The van der Waals surface area contributed by atoms with Gasteiger partial charge in [-0.15, -0.1) is 0 Å². The van der Waals surface area contributed by atoms with E-state index in [0.717, 1.165) is 39.8 Å². The van der Waals surface area contributed by atoms with Gasteiger partial charge >= 0.3 is 0 Å². The van der Waals surface area contributed by atoms with E-state index in [1.807, 2.05) is 42.5 Å². The van der Waals surface area contributed by atoms with Crippen molar-refractivity contribution in [2.45, 2.75) is 6.42 Å². The topological polar surface area (TPSA) is 23.8 Å². The molecule has 0 aliphatic rings. The van der Waals surface area contributed by atoms with Crippen molar-refractivity contribution in [3.8, 4) is 28.3 Å². The van der Waals surface area contributed by atoms with Crippen LogP contribution in [0.25, 0.3) is 33.4 Å². The zero-order valence-corrected chi connectivity index (χ0v) is 22.7. The van der Waals surface area contributed by atoms with Gasteiger partial charge in [-0.1, -0.05) is 164 Å². The summed E-state index contributed by atoms with van der Waals surface area (Å²) >= 11 is 0. The molecule has 0 amide bonds. The molecule has 6 aromatic rings. The molecule has 6 aromatic carbocycles. The Kier molecular flexibility index (Phi) is 7.65. The minimum Gasteiger partial charge on any atom is -0.192 e. The molecule has 0 spiro atoms. The summed E-state index contributed by atoms with van der Waals surface area (Å²) in [5.41, 5.74) is 11.9. The Balaban J connectivity index is 1.22. The van der Waals surface area contributed by atoms with Crippen molar-refractivity contribution in [3.05, 3.63) is 192 Å². The molecule has 41 heavy (non-hydrogen) atoms. The first-order valence-corrected chi connectivity index (χ1v) is 13.9. The summed E-state index contributed by atoms with van der Waals surface area (Å²) in [6.07, 6.45) is 0.895. The Morgan fingerprint density at radius 1 is 0.390 bits per heavy atom. The zero-order valence-electron chi connectivity index (χ0n) is 22.7. The highest BCUT2D eigenvalue weighted by atomic mass is 14.3. The number of nitriles is 1. The van der Waals surface area contributed by atoms with Crippen LogP contribution in [0.1, 0.15) is 27.8 Å². The first kappa shape index (κ1) is 25.8. The predicted octanol–water partition coefficient (Wildman–Crippen LogP) is 10.1. The van der Waals surface area contributed by atoms with Crippen molar-refractivity contribution in [3.63, 3.8) is 0 Å². The Labute approximate surface area is 242 Å². The molecule has 0 N–H and O–H groups in total. The lowest BCUT2D eigenvalue weighted by molar-refractivity contribution is 1.19. The van der Waals surface area contributed by atoms with Crippen LogP contribution in [-0.4, -0.2) is 0 Å². The smallest absolute Gasteiger partial charge is 0.100 e. The van der Waals surface area contributed by atoms with Crippen LogP contribution in [-0.2, 0) is 6.42 Å². The fourth-order valence-electron chi connectivity index (χ4n) is 5.26. The maximum absolute atomic E-state index is 10.3. The summed E-state index contributed by atoms with van der Waals surface area (Å²) in [4.78, 5) is 0. The Bertz CT molecular complexity index is 1750. The highest BCUT2D eigenvalue weighted by molar-refractivity contribution is 6.03. The fraction of sp³-hybridized carbons (Fsp3) is 0.0250. The SMILES string of the molecule is N#CC(=C(c1ccccc1)c1ccccc1)c1ccc(-c2ccc(Cc3ccc(-c4ccccc4)cc3)cc2)cc1. The van der Waals surface area contributed by atoms with Crippen molar-refractivity contribution in [2.75, 3.05) is 0 Å². The van der Waals surface area contributed by atoms with Crippen molar-refractivity contribution < 1.29 is 0 Å². The second kappa shape index (κ2) is 12.2. The minimum absolute atomic E-state index is 0.669. The Hall–Kier alpha value is -5.45. The molecule has 6 rings (SSSR count). The molecule has 0 saturated heterocycles. The molecule has 0 aromatic heterocycles. The average molecular weight is 524 g/mol. The van der Waals surface area contributed by atoms with E-state index in [2.05, 4.69) is 127 Å². The molecule has 0 aliphatic carbocycles. The van der Waals surface area contributed by atoms with E-state index in [-0.39, 0.29) is 0 Å². The lowest BCUT2D eigenvalue weighted by atomic mass is 9.89. The number of allylic oxidation sites excluding steroid dienone is 1. The standard InChI is InChI=1S/C40H29N/c41-29-39(40(37-12-6-2-7-13-37)38-14-8-3-9-15-38)36-26-24-35(25-27-36)34-22-18-31(19-23-34)28-30-16-20-33(21-17-30)32-10-4-1-5-11-32/h1-27H,28H2. The highest BCUT2D eigenvalue weighted by Crippen LogP contribution is 2.33. The van der Waals surface area contributed by atoms with Gasteiger partial charge in [0.15, 0.2) is 0 Å². The molecule has 0 radical (unpaired) electrons. The predicted molar refractivity (Wildman–Crippen MR) is 171 cm³/mol. The van der Waals surface area contributed by atoms with Gasteiger partial charge < -0.3 is 0 Å². The monoisotopic (exact) mass is 523 g/mol. The number of nitrogens with zero attached hydrogens (tertiary/aromatic N) is 1. The summed E-state index contributed by atoms with van der Waals surface area (Å²) in [7, 11) is 0.